The van der Waals surface area contributed by atoms with Crippen molar-refractivity contribution in [2.75, 3.05) is 39.3 Å². The van der Waals surface area contributed by atoms with Crippen molar-refractivity contribution in [3.63, 3.8) is 0 Å². The summed E-state index contributed by atoms with van der Waals surface area (Å²) in [6.45, 7) is 7.87. The second-order valence-corrected chi connectivity index (χ2v) is 5.99. The van der Waals surface area contributed by atoms with Gasteiger partial charge in [0.2, 0.25) is 0 Å². The quantitative estimate of drug-likeness (QED) is 0.781. The molecule has 5 heteroatoms. The average molecular weight is 373 g/mol. The van der Waals surface area contributed by atoms with Gasteiger partial charge in [0.1, 0.15) is 0 Å². The molecule has 0 bridgehead atoms. The van der Waals surface area contributed by atoms with Crippen molar-refractivity contribution in [2.45, 2.75) is 6.92 Å². The van der Waals surface area contributed by atoms with Crippen molar-refractivity contribution in [1.29, 1.82) is 0 Å². The van der Waals surface area contributed by atoms with Gasteiger partial charge >= 0.3 is 0 Å². The van der Waals surface area contributed by atoms with E-state index >= 15 is 0 Å². The third kappa shape index (κ3) is 4.43. The first-order valence-electron chi connectivity index (χ1n) is 6.64. The Bertz CT molecular complexity index is 444. The number of hydrogen-bond donors (Lipinski definition) is 2. The van der Waals surface area contributed by atoms with Gasteiger partial charge in [-0.15, -0.1) is 0 Å². The lowest BCUT2D eigenvalue weighted by molar-refractivity contribution is 0.0946. The topological polar surface area (TPSA) is 44.4 Å². The summed E-state index contributed by atoms with van der Waals surface area (Å²) < 4.78 is 1.00. The predicted octanol–water partition coefficient (Wildman–Crippen LogP) is 1.23. The molecule has 4 nitrogen and oxygen atoms in total. The first-order chi connectivity index (χ1) is 9.16. The Labute approximate surface area is 128 Å². The van der Waals surface area contributed by atoms with Gasteiger partial charge in [-0.05, 0) is 41.6 Å². The summed E-state index contributed by atoms with van der Waals surface area (Å²) in [4.78, 5) is 14.5. The molecule has 1 saturated heterocycles. The summed E-state index contributed by atoms with van der Waals surface area (Å²) in [5.41, 5.74) is 1.90. The van der Waals surface area contributed by atoms with Crippen molar-refractivity contribution < 1.29 is 4.79 Å². The van der Waals surface area contributed by atoms with Gasteiger partial charge in [0.15, 0.2) is 0 Å². The molecule has 104 valence electrons. The number of carbonyl (C=O) groups excluding carboxylic acids is 1. The number of amides is 1. The number of carbonyl (C=O) groups is 1. The number of benzene rings is 1. The first kappa shape index (κ1) is 14.7. The molecule has 19 heavy (non-hydrogen) atoms. The van der Waals surface area contributed by atoms with Crippen LogP contribution in [0.3, 0.4) is 0 Å². The fourth-order valence-electron chi connectivity index (χ4n) is 2.17. The predicted molar refractivity (Wildman–Crippen MR) is 85.5 cm³/mol. The monoisotopic (exact) mass is 373 g/mol. The number of halogens is 1. The van der Waals surface area contributed by atoms with Crippen molar-refractivity contribution >= 4 is 28.5 Å². The summed E-state index contributed by atoms with van der Waals surface area (Å²) >= 11 is 2.21. The summed E-state index contributed by atoms with van der Waals surface area (Å²) in [5.74, 6) is 0.0308. The fourth-order valence-corrected chi connectivity index (χ4v) is 2.75. The maximum absolute atomic E-state index is 12.1. The lowest BCUT2D eigenvalue weighted by Crippen LogP contribution is -2.46. The molecule has 1 aliphatic heterocycles. The van der Waals surface area contributed by atoms with E-state index in [4.69, 9.17) is 0 Å². The van der Waals surface area contributed by atoms with Crippen LogP contribution < -0.4 is 10.6 Å². The molecular weight excluding hydrogens is 353 g/mol. The van der Waals surface area contributed by atoms with E-state index in [-0.39, 0.29) is 5.91 Å². The number of piperazine rings is 1. The number of aryl methyl sites for hydroxylation is 1. The zero-order chi connectivity index (χ0) is 13.7. The van der Waals surface area contributed by atoms with E-state index in [9.17, 15) is 4.79 Å². The molecule has 1 aromatic rings. The molecule has 1 aromatic carbocycles. The number of nitrogens with one attached hydrogen (secondary N) is 2. The number of rotatable bonds is 4. The zero-order valence-corrected chi connectivity index (χ0v) is 13.4. The minimum absolute atomic E-state index is 0.0308. The molecule has 0 aromatic heterocycles. The molecule has 0 aliphatic carbocycles. The Morgan fingerprint density at radius 1 is 1.42 bits per heavy atom. The zero-order valence-electron chi connectivity index (χ0n) is 11.2. The summed E-state index contributed by atoms with van der Waals surface area (Å²) in [6.07, 6.45) is 0. The van der Waals surface area contributed by atoms with Gasteiger partial charge in [0.05, 0.1) is 5.56 Å². The molecule has 0 spiro atoms. The summed E-state index contributed by atoms with van der Waals surface area (Å²) in [7, 11) is 0. The van der Waals surface area contributed by atoms with Gasteiger partial charge < -0.3 is 10.6 Å². The Hall–Kier alpha value is -0.660. The average Bonchev–Trinajstić information content (AvgIpc) is 2.42. The van der Waals surface area contributed by atoms with E-state index in [1.54, 1.807) is 0 Å². The molecule has 2 N–H and O–H groups in total. The second kappa shape index (κ2) is 7.21. The van der Waals surface area contributed by atoms with Gasteiger partial charge in [0.25, 0.3) is 5.91 Å². The molecule has 0 atom stereocenters. The molecule has 0 saturated carbocycles. The van der Waals surface area contributed by atoms with Crippen LogP contribution in [0, 0.1) is 10.5 Å². The van der Waals surface area contributed by atoms with Gasteiger partial charge in [-0.2, -0.15) is 0 Å². The van der Waals surface area contributed by atoms with Crippen LogP contribution in [0.15, 0.2) is 18.2 Å². The van der Waals surface area contributed by atoms with E-state index in [1.807, 2.05) is 25.1 Å². The highest BCUT2D eigenvalue weighted by Gasteiger charge is 2.12. The fraction of sp³-hybridized carbons (Fsp3) is 0.500. The van der Waals surface area contributed by atoms with Crippen LogP contribution in [-0.4, -0.2) is 50.1 Å². The van der Waals surface area contributed by atoms with E-state index in [0.717, 1.165) is 47.4 Å². The molecule has 2 rings (SSSR count). The number of hydrogen-bond acceptors (Lipinski definition) is 3. The SMILES string of the molecule is Cc1ccc(I)c(C(=O)NCCN2CCNCC2)c1. The maximum Gasteiger partial charge on any atom is 0.252 e. The van der Waals surface area contributed by atoms with E-state index < -0.39 is 0 Å². The van der Waals surface area contributed by atoms with Crippen molar-refractivity contribution in [2.24, 2.45) is 0 Å². The molecule has 0 radical (unpaired) electrons. The Balaban J connectivity index is 1.82. The van der Waals surface area contributed by atoms with Gasteiger partial charge in [-0.25, -0.2) is 0 Å². The first-order valence-corrected chi connectivity index (χ1v) is 7.72. The second-order valence-electron chi connectivity index (χ2n) is 4.83. The van der Waals surface area contributed by atoms with E-state index in [1.165, 1.54) is 0 Å². The van der Waals surface area contributed by atoms with Crippen molar-refractivity contribution in [3.8, 4) is 0 Å². The lowest BCUT2D eigenvalue weighted by Gasteiger charge is -2.27. The normalized spacial score (nSPS) is 16.3. The largest absolute Gasteiger partial charge is 0.351 e. The highest BCUT2D eigenvalue weighted by molar-refractivity contribution is 14.1. The third-order valence-corrected chi connectivity index (χ3v) is 4.23. The van der Waals surface area contributed by atoms with Gasteiger partial charge in [-0.1, -0.05) is 11.6 Å². The number of nitrogens with zero attached hydrogens (tertiary/aromatic N) is 1. The Morgan fingerprint density at radius 3 is 2.89 bits per heavy atom. The van der Waals surface area contributed by atoms with Crippen molar-refractivity contribution in [3.05, 3.63) is 32.9 Å². The highest BCUT2D eigenvalue weighted by atomic mass is 127. The van der Waals surface area contributed by atoms with E-state index in [2.05, 4.69) is 38.1 Å². The van der Waals surface area contributed by atoms with Crippen LogP contribution in [0.1, 0.15) is 15.9 Å². The highest BCUT2D eigenvalue weighted by Crippen LogP contribution is 2.13. The minimum Gasteiger partial charge on any atom is -0.351 e. The molecule has 1 fully saturated rings. The van der Waals surface area contributed by atoms with Crippen LogP contribution >= 0.6 is 22.6 Å². The molecule has 1 amide bonds. The van der Waals surface area contributed by atoms with E-state index in [0.29, 0.717) is 6.54 Å². The standard InChI is InChI=1S/C14H20IN3O/c1-11-2-3-13(15)12(10-11)14(19)17-6-9-18-7-4-16-5-8-18/h2-3,10,16H,4-9H2,1H3,(H,17,19). The summed E-state index contributed by atoms with van der Waals surface area (Å²) in [5, 5.41) is 6.33. The van der Waals surface area contributed by atoms with Gasteiger partial charge in [0, 0.05) is 42.8 Å². The maximum atomic E-state index is 12.1. The molecule has 1 aliphatic rings. The minimum atomic E-state index is 0.0308. The van der Waals surface area contributed by atoms with Crippen LogP contribution in [0.25, 0.3) is 0 Å². The van der Waals surface area contributed by atoms with Crippen LogP contribution in [0.2, 0.25) is 0 Å². The van der Waals surface area contributed by atoms with Crippen LogP contribution in [0.4, 0.5) is 0 Å². The Kier molecular flexibility index (Phi) is 5.59. The van der Waals surface area contributed by atoms with Crippen molar-refractivity contribution in [1.82, 2.24) is 15.5 Å². The lowest BCUT2D eigenvalue weighted by atomic mass is 10.1. The molecule has 0 unspecified atom stereocenters. The summed E-state index contributed by atoms with van der Waals surface area (Å²) in [6, 6.07) is 5.96. The Morgan fingerprint density at radius 2 is 2.16 bits per heavy atom. The van der Waals surface area contributed by atoms with Crippen LogP contribution in [-0.2, 0) is 0 Å². The smallest absolute Gasteiger partial charge is 0.252 e. The molecular formula is C14H20IN3O. The van der Waals surface area contributed by atoms with Gasteiger partial charge in [-0.3, -0.25) is 9.69 Å². The molecule has 1 heterocycles. The van der Waals surface area contributed by atoms with Crippen LogP contribution in [0.5, 0.6) is 0 Å². The third-order valence-electron chi connectivity index (χ3n) is 3.29.